The molecule has 0 saturated carbocycles. The molecule has 2 heterocycles. The maximum absolute atomic E-state index is 12.8. The number of carbonyl (C=O) groups excluding carboxylic acids is 1. The number of benzene rings is 2. The molecular weight excluding hydrogens is 386 g/mol. The molecule has 0 bridgehead atoms. The molecule has 6 nitrogen and oxygen atoms in total. The van der Waals surface area contributed by atoms with Crippen LogP contribution in [0.2, 0.25) is 0 Å². The number of piperidine rings is 1. The van der Waals surface area contributed by atoms with Crippen molar-refractivity contribution in [2.45, 2.75) is 45.7 Å². The van der Waals surface area contributed by atoms with E-state index in [2.05, 4.69) is 53.3 Å². The van der Waals surface area contributed by atoms with Gasteiger partial charge in [0.15, 0.2) is 0 Å². The molecule has 3 aromatic rings. The fourth-order valence-corrected chi connectivity index (χ4v) is 4.31. The summed E-state index contributed by atoms with van der Waals surface area (Å²) in [4.78, 5) is 25.3. The number of carbonyl (C=O) groups is 1. The Bertz CT molecular complexity index is 960. The summed E-state index contributed by atoms with van der Waals surface area (Å²) in [6.07, 6.45) is 2.05. The summed E-state index contributed by atoms with van der Waals surface area (Å²) in [6.45, 7) is 9.50. The summed E-state index contributed by atoms with van der Waals surface area (Å²) in [5.74, 6) is 1.24. The topological polar surface area (TPSA) is 64.3 Å². The monoisotopic (exact) mass is 419 g/mol. The molecule has 4 rings (SSSR count). The Labute approximate surface area is 184 Å². The first kappa shape index (κ1) is 21.4. The number of aromatic amines is 1. The van der Waals surface area contributed by atoms with Gasteiger partial charge in [-0.05, 0) is 49.2 Å². The van der Waals surface area contributed by atoms with Crippen LogP contribution in [-0.2, 0) is 13.1 Å². The number of para-hydroxylation sites is 2. The van der Waals surface area contributed by atoms with Gasteiger partial charge in [0, 0.05) is 32.1 Å². The lowest BCUT2D eigenvalue weighted by molar-refractivity contribution is 0.178. The van der Waals surface area contributed by atoms with Crippen molar-refractivity contribution in [2.24, 2.45) is 0 Å². The lowest BCUT2D eigenvalue weighted by Crippen LogP contribution is -2.44. The number of nitrogens with one attached hydrogen (secondary N) is 2. The highest BCUT2D eigenvalue weighted by Crippen LogP contribution is 2.26. The number of likely N-dealkylation sites (tertiary alicyclic amines) is 1. The second kappa shape index (κ2) is 9.96. The van der Waals surface area contributed by atoms with Crippen LogP contribution >= 0.6 is 0 Å². The quantitative estimate of drug-likeness (QED) is 0.593. The summed E-state index contributed by atoms with van der Waals surface area (Å²) >= 11 is 0. The summed E-state index contributed by atoms with van der Waals surface area (Å²) < 4.78 is 0. The molecule has 1 aliphatic rings. The number of rotatable bonds is 7. The first-order chi connectivity index (χ1) is 15.2. The zero-order valence-corrected chi connectivity index (χ0v) is 18.6. The van der Waals surface area contributed by atoms with Crippen molar-refractivity contribution in [3.05, 3.63) is 65.5 Å². The van der Waals surface area contributed by atoms with E-state index in [-0.39, 0.29) is 11.9 Å². The molecule has 31 heavy (non-hydrogen) atoms. The molecule has 1 unspecified atom stereocenters. The van der Waals surface area contributed by atoms with Crippen LogP contribution in [0.5, 0.6) is 0 Å². The summed E-state index contributed by atoms with van der Waals surface area (Å²) in [5.41, 5.74) is 4.48. The van der Waals surface area contributed by atoms with Gasteiger partial charge in [-0.3, -0.25) is 4.90 Å². The van der Waals surface area contributed by atoms with E-state index < -0.39 is 0 Å². The van der Waals surface area contributed by atoms with Crippen molar-refractivity contribution in [1.82, 2.24) is 25.1 Å². The lowest BCUT2D eigenvalue weighted by Gasteiger charge is -2.31. The third kappa shape index (κ3) is 5.25. The zero-order chi connectivity index (χ0) is 21.6. The van der Waals surface area contributed by atoms with E-state index in [1.54, 1.807) is 0 Å². The van der Waals surface area contributed by atoms with E-state index in [9.17, 15) is 4.79 Å². The molecule has 0 spiro atoms. The molecule has 1 atom stereocenters. The number of imidazole rings is 1. The van der Waals surface area contributed by atoms with Crippen molar-refractivity contribution in [3.63, 3.8) is 0 Å². The normalized spacial score (nSPS) is 16.7. The van der Waals surface area contributed by atoms with Crippen LogP contribution in [0.15, 0.2) is 48.5 Å². The van der Waals surface area contributed by atoms with Crippen LogP contribution in [0, 0.1) is 0 Å². The van der Waals surface area contributed by atoms with Crippen LogP contribution in [0.3, 0.4) is 0 Å². The third-order valence-corrected chi connectivity index (χ3v) is 6.27. The van der Waals surface area contributed by atoms with Crippen LogP contribution in [-0.4, -0.2) is 52.0 Å². The van der Waals surface area contributed by atoms with Crippen LogP contribution in [0.25, 0.3) is 11.0 Å². The fraction of sp³-hybridized carbons (Fsp3) is 0.440. The van der Waals surface area contributed by atoms with Crippen molar-refractivity contribution >= 4 is 17.1 Å². The van der Waals surface area contributed by atoms with E-state index in [1.165, 1.54) is 5.56 Å². The number of fused-ring (bicyclic) bond motifs is 1. The lowest BCUT2D eigenvalue weighted by atomic mass is 9.97. The van der Waals surface area contributed by atoms with Crippen LogP contribution < -0.4 is 5.32 Å². The van der Waals surface area contributed by atoms with Gasteiger partial charge in [0.25, 0.3) is 0 Å². The minimum atomic E-state index is 0.00743. The van der Waals surface area contributed by atoms with Gasteiger partial charge in [0.1, 0.15) is 5.82 Å². The standard InChI is InChI=1S/C25H33N5O/c1-3-29(4-2)17-20-13-11-19(12-14-20)16-26-25(31)30-15-7-8-21(18-30)24-27-22-9-5-6-10-23(22)28-24/h5-6,9-14,21H,3-4,7-8,15-18H2,1-2H3,(H,26,31)(H,27,28). The van der Waals surface area contributed by atoms with Gasteiger partial charge >= 0.3 is 6.03 Å². The highest BCUT2D eigenvalue weighted by molar-refractivity contribution is 5.75. The minimum Gasteiger partial charge on any atom is -0.342 e. The summed E-state index contributed by atoms with van der Waals surface area (Å²) in [6, 6.07) is 16.7. The smallest absolute Gasteiger partial charge is 0.317 e. The first-order valence-electron chi connectivity index (χ1n) is 11.4. The molecule has 0 radical (unpaired) electrons. The molecule has 1 fully saturated rings. The van der Waals surface area contributed by atoms with Gasteiger partial charge in [0.2, 0.25) is 0 Å². The fourth-order valence-electron chi connectivity index (χ4n) is 4.31. The van der Waals surface area contributed by atoms with Crippen molar-refractivity contribution in [2.75, 3.05) is 26.2 Å². The summed E-state index contributed by atoms with van der Waals surface area (Å²) in [5, 5.41) is 3.10. The van der Waals surface area contributed by atoms with Gasteiger partial charge in [-0.25, -0.2) is 9.78 Å². The SMILES string of the molecule is CCN(CC)Cc1ccc(CNC(=O)N2CCCC(c3nc4ccccc4[nH]3)C2)cc1. The third-order valence-electron chi connectivity index (χ3n) is 6.27. The molecule has 1 aromatic heterocycles. The second-order valence-corrected chi connectivity index (χ2v) is 8.36. The van der Waals surface area contributed by atoms with Crippen molar-refractivity contribution in [1.29, 1.82) is 0 Å². The van der Waals surface area contributed by atoms with Gasteiger partial charge in [-0.2, -0.15) is 0 Å². The predicted molar refractivity (Wildman–Crippen MR) is 125 cm³/mol. The number of nitrogens with zero attached hydrogens (tertiary/aromatic N) is 3. The Hall–Kier alpha value is -2.86. The van der Waals surface area contributed by atoms with E-state index >= 15 is 0 Å². The Balaban J connectivity index is 1.31. The molecule has 1 aliphatic heterocycles. The number of hydrogen-bond acceptors (Lipinski definition) is 3. The Kier molecular flexibility index (Phi) is 6.87. The molecule has 0 aliphatic carbocycles. The predicted octanol–water partition coefficient (Wildman–Crippen LogP) is 4.49. The second-order valence-electron chi connectivity index (χ2n) is 8.36. The maximum atomic E-state index is 12.8. The van der Waals surface area contributed by atoms with Gasteiger partial charge in [0.05, 0.1) is 11.0 Å². The van der Waals surface area contributed by atoms with Crippen molar-refractivity contribution < 1.29 is 4.79 Å². The Morgan fingerprint density at radius 1 is 1.13 bits per heavy atom. The van der Waals surface area contributed by atoms with Gasteiger partial charge in [-0.15, -0.1) is 0 Å². The Morgan fingerprint density at radius 2 is 1.87 bits per heavy atom. The van der Waals surface area contributed by atoms with E-state index in [0.29, 0.717) is 13.1 Å². The number of H-pyrrole nitrogens is 1. The van der Waals surface area contributed by atoms with Gasteiger partial charge < -0.3 is 15.2 Å². The molecule has 164 valence electrons. The zero-order valence-electron chi connectivity index (χ0n) is 18.6. The van der Waals surface area contributed by atoms with Crippen molar-refractivity contribution in [3.8, 4) is 0 Å². The number of hydrogen-bond donors (Lipinski definition) is 2. The molecule has 2 amide bonds. The van der Waals surface area contributed by atoms with E-state index in [1.807, 2.05) is 29.2 Å². The maximum Gasteiger partial charge on any atom is 0.317 e. The largest absolute Gasteiger partial charge is 0.342 e. The number of aromatic nitrogens is 2. The van der Waals surface area contributed by atoms with Crippen LogP contribution in [0.4, 0.5) is 4.79 Å². The highest BCUT2D eigenvalue weighted by Gasteiger charge is 2.26. The molecule has 2 aromatic carbocycles. The first-order valence-corrected chi connectivity index (χ1v) is 11.4. The summed E-state index contributed by atoms with van der Waals surface area (Å²) in [7, 11) is 0. The number of amides is 2. The number of urea groups is 1. The average molecular weight is 420 g/mol. The molecule has 6 heteroatoms. The molecule has 1 saturated heterocycles. The highest BCUT2D eigenvalue weighted by atomic mass is 16.2. The van der Waals surface area contributed by atoms with Gasteiger partial charge in [-0.1, -0.05) is 50.2 Å². The van der Waals surface area contributed by atoms with Crippen LogP contribution in [0.1, 0.15) is 49.6 Å². The Morgan fingerprint density at radius 3 is 2.61 bits per heavy atom. The minimum absolute atomic E-state index is 0.00743. The molecule has 2 N–H and O–H groups in total. The molecular formula is C25H33N5O. The average Bonchev–Trinajstić information content (AvgIpc) is 3.26. The van der Waals surface area contributed by atoms with E-state index in [4.69, 9.17) is 4.98 Å². The van der Waals surface area contributed by atoms with E-state index in [0.717, 1.165) is 61.4 Å².